The minimum absolute atomic E-state index is 0.00594. The van der Waals surface area contributed by atoms with Crippen molar-refractivity contribution in [3.8, 4) is 11.5 Å². The molecule has 7 nitrogen and oxygen atoms in total. The van der Waals surface area contributed by atoms with Gasteiger partial charge in [0.05, 0.1) is 24.7 Å². The summed E-state index contributed by atoms with van der Waals surface area (Å²) in [5.74, 6) is -2.90. The number of hydrogen-bond donors (Lipinski definition) is 0. The molecule has 0 spiro atoms. The van der Waals surface area contributed by atoms with E-state index in [1.807, 2.05) is 0 Å². The highest BCUT2D eigenvalue weighted by Gasteiger charge is 2.38. The highest BCUT2D eigenvalue weighted by molar-refractivity contribution is 7.92. The van der Waals surface area contributed by atoms with Crippen molar-refractivity contribution in [3.05, 3.63) is 60.0 Å². The van der Waals surface area contributed by atoms with E-state index < -0.39 is 33.8 Å². The van der Waals surface area contributed by atoms with Crippen molar-refractivity contribution in [2.75, 3.05) is 10.6 Å². The summed E-state index contributed by atoms with van der Waals surface area (Å²) in [7, 11) is -3.75. The third-order valence-corrected chi connectivity index (χ3v) is 4.76. The van der Waals surface area contributed by atoms with Gasteiger partial charge < -0.3 is 4.42 Å². The molecule has 0 saturated heterocycles. The van der Waals surface area contributed by atoms with E-state index in [2.05, 4.69) is 19.6 Å². The summed E-state index contributed by atoms with van der Waals surface area (Å²) in [6.45, 7) is -0.339. The second kappa shape index (κ2) is 7.19. The molecule has 12 heteroatoms. The van der Waals surface area contributed by atoms with Gasteiger partial charge in [-0.05, 0) is 24.3 Å². The minimum atomic E-state index is -4.82. The van der Waals surface area contributed by atoms with Crippen LogP contribution in [0.5, 0.6) is 0 Å². The van der Waals surface area contributed by atoms with Gasteiger partial charge in [-0.2, -0.15) is 13.2 Å². The molecule has 0 aliphatic rings. The zero-order valence-corrected chi connectivity index (χ0v) is 15.0. The number of sulfonamides is 1. The Morgan fingerprint density at radius 3 is 2.46 bits per heavy atom. The summed E-state index contributed by atoms with van der Waals surface area (Å²) in [6.07, 6.45) is -1.09. The normalized spacial score (nSPS) is 12.2. The summed E-state index contributed by atoms with van der Waals surface area (Å²) in [5.41, 5.74) is 0.158. The lowest BCUT2D eigenvalue weighted by Gasteiger charge is -2.22. The van der Waals surface area contributed by atoms with E-state index in [0.29, 0.717) is 0 Å². The highest BCUT2D eigenvalue weighted by Crippen LogP contribution is 2.31. The third-order valence-electron chi connectivity index (χ3n) is 3.62. The van der Waals surface area contributed by atoms with Gasteiger partial charge in [-0.1, -0.05) is 6.07 Å². The lowest BCUT2D eigenvalue weighted by atomic mass is 10.1. The molecule has 0 radical (unpaired) electrons. The van der Waals surface area contributed by atoms with Gasteiger partial charge in [-0.25, -0.2) is 12.8 Å². The predicted octanol–water partition coefficient (Wildman–Crippen LogP) is 3.26. The highest BCUT2D eigenvalue weighted by atomic mass is 32.2. The molecule has 2 aromatic heterocycles. The third kappa shape index (κ3) is 4.27. The second-order valence-electron chi connectivity index (χ2n) is 5.70. The number of anilines is 1. The Labute approximate surface area is 156 Å². The molecule has 0 N–H and O–H groups in total. The van der Waals surface area contributed by atoms with Crippen molar-refractivity contribution in [2.45, 2.75) is 12.7 Å². The van der Waals surface area contributed by atoms with Crippen LogP contribution in [0.15, 0.2) is 47.1 Å². The summed E-state index contributed by atoms with van der Waals surface area (Å²) in [4.78, 5) is 3.84. The Morgan fingerprint density at radius 1 is 1.18 bits per heavy atom. The fourth-order valence-electron chi connectivity index (χ4n) is 2.32. The number of hydrogen-bond acceptors (Lipinski definition) is 6. The molecule has 2 heterocycles. The molecule has 148 valence electrons. The molecule has 1 aromatic carbocycles. The van der Waals surface area contributed by atoms with Crippen molar-refractivity contribution in [3.63, 3.8) is 0 Å². The van der Waals surface area contributed by atoms with E-state index >= 15 is 0 Å². The van der Waals surface area contributed by atoms with Crippen LogP contribution in [0.25, 0.3) is 11.5 Å². The van der Waals surface area contributed by atoms with Crippen LogP contribution in [-0.4, -0.2) is 29.9 Å². The topological polar surface area (TPSA) is 89.2 Å². The van der Waals surface area contributed by atoms with Crippen LogP contribution in [0.1, 0.15) is 11.5 Å². The van der Waals surface area contributed by atoms with Gasteiger partial charge >= 0.3 is 12.1 Å². The van der Waals surface area contributed by atoms with Gasteiger partial charge in [0.1, 0.15) is 5.82 Å². The Bertz CT molecular complexity index is 1080. The average molecular weight is 416 g/mol. The summed E-state index contributed by atoms with van der Waals surface area (Å²) in [5, 5.41) is 6.13. The van der Waals surface area contributed by atoms with Crippen LogP contribution >= 0.6 is 0 Å². The number of rotatable bonds is 5. The lowest BCUT2D eigenvalue weighted by Crippen LogP contribution is -2.29. The maximum Gasteiger partial charge on any atom is 0.470 e. The SMILES string of the molecule is CS(=O)(=O)N(Cc1ccc(-c2nnc(C(F)(F)F)o2)cc1F)c1cccnc1. The minimum Gasteiger partial charge on any atom is -0.413 e. The van der Waals surface area contributed by atoms with E-state index in [0.717, 1.165) is 16.6 Å². The molecule has 0 aliphatic heterocycles. The quantitative estimate of drug-likeness (QED) is 0.593. The van der Waals surface area contributed by atoms with Crippen LogP contribution in [-0.2, 0) is 22.7 Å². The lowest BCUT2D eigenvalue weighted by molar-refractivity contribution is -0.156. The summed E-state index contributed by atoms with van der Waals surface area (Å²) < 4.78 is 81.7. The predicted molar refractivity (Wildman–Crippen MR) is 90.0 cm³/mol. The second-order valence-corrected chi connectivity index (χ2v) is 7.60. The summed E-state index contributed by atoms with van der Waals surface area (Å²) in [6, 6.07) is 6.41. The van der Waals surface area contributed by atoms with Crippen molar-refractivity contribution in [1.82, 2.24) is 15.2 Å². The molecule has 3 aromatic rings. The summed E-state index contributed by atoms with van der Waals surface area (Å²) >= 11 is 0. The molecule has 0 saturated carbocycles. The standard InChI is InChI=1S/C16H12F4N4O3S/c1-28(25,26)24(12-3-2-6-21-8-12)9-11-5-4-10(7-13(11)17)14-22-23-15(27-14)16(18,19)20/h2-8H,9H2,1H3. The van der Waals surface area contributed by atoms with Crippen LogP contribution in [0.4, 0.5) is 23.2 Å². The van der Waals surface area contributed by atoms with E-state index in [1.165, 1.54) is 36.7 Å². The Hall–Kier alpha value is -3.02. The Balaban J connectivity index is 1.91. The molecule has 0 fully saturated rings. The molecular weight excluding hydrogens is 404 g/mol. The van der Waals surface area contributed by atoms with Gasteiger partial charge in [0.25, 0.3) is 0 Å². The molecule has 0 atom stereocenters. The maximum absolute atomic E-state index is 14.5. The molecular formula is C16H12F4N4O3S. The zero-order chi connectivity index (χ0) is 20.5. The van der Waals surface area contributed by atoms with E-state index in [4.69, 9.17) is 0 Å². The zero-order valence-electron chi connectivity index (χ0n) is 14.2. The monoisotopic (exact) mass is 416 g/mol. The van der Waals surface area contributed by atoms with Crippen LogP contribution in [0.3, 0.4) is 0 Å². The number of pyridine rings is 1. The Morgan fingerprint density at radius 2 is 1.93 bits per heavy atom. The number of alkyl halides is 3. The number of nitrogens with zero attached hydrogens (tertiary/aromatic N) is 4. The van der Waals surface area contributed by atoms with E-state index in [9.17, 15) is 26.0 Å². The maximum atomic E-state index is 14.5. The molecule has 0 amide bonds. The van der Waals surface area contributed by atoms with Crippen molar-refractivity contribution < 1.29 is 30.4 Å². The van der Waals surface area contributed by atoms with E-state index in [1.54, 1.807) is 0 Å². The van der Waals surface area contributed by atoms with Crippen LogP contribution in [0.2, 0.25) is 0 Å². The van der Waals surface area contributed by atoms with Gasteiger partial charge in [0.2, 0.25) is 15.9 Å². The van der Waals surface area contributed by atoms with Crippen molar-refractivity contribution in [2.24, 2.45) is 0 Å². The van der Waals surface area contributed by atoms with Gasteiger partial charge in [-0.3, -0.25) is 9.29 Å². The molecule has 28 heavy (non-hydrogen) atoms. The molecule has 0 bridgehead atoms. The number of halogens is 4. The Kier molecular flexibility index (Phi) is 5.06. The first-order chi connectivity index (χ1) is 13.1. The number of benzene rings is 1. The smallest absolute Gasteiger partial charge is 0.413 e. The fourth-order valence-corrected chi connectivity index (χ4v) is 3.18. The first-order valence-electron chi connectivity index (χ1n) is 7.63. The van der Waals surface area contributed by atoms with Crippen LogP contribution in [0, 0.1) is 5.82 Å². The average Bonchev–Trinajstić information content (AvgIpc) is 3.11. The van der Waals surface area contributed by atoms with Gasteiger partial charge in [-0.15, -0.1) is 10.2 Å². The fraction of sp³-hybridized carbons (Fsp3) is 0.188. The van der Waals surface area contributed by atoms with Crippen molar-refractivity contribution in [1.29, 1.82) is 0 Å². The molecule has 0 unspecified atom stereocenters. The molecule has 3 rings (SSSR count). The van der Waals surface area contributed by atoms with E-state index in [-0.39, 0.29) is 23.4 Å². The molecule has 0 aliphatic carbocycles. The van der Waals surface area contributed by atoms with Gasteiger partial charge in [0.15, 0.2) is 0 Å². The first-order valence-corrected chi connectivity index (χ1v) is 9.48. The first kappa shape index (κ1) is 19.7. The van der Waals surface area contributed by atoms with Gasteiger partial charge in [0, 0.05) is 17.3 Å². The van der Waals surface area contributed by atoms with Crippen molar-refractivity contribution >= 4 is 15.7 Å². The van der Waals surface area contributed by atoms with Crippen LogP contribution < -0.4 is 4.31 Å². The largest absolute Gasteiger partial charge is 0.470 e. The number of aromatic nitrogens is 3.